The van der Waals surface area contributed by atoms with Crippen molar-refractivity contribution in [2.75, 3.05) is 11.9 Å². The highest BCUT2D eigenvalue weighted by Gasteiger charge is 2.13. The van der Waals surface area contributed by atoms with Gasteiger partial charge in [0, 0.05) is 12.7 Å². The maximum absolute atomic E-state index is 11.1. The summed E-state index contributed by atoms with van der Waals surface area (Å²) in [6, 6.07) is 3.22. The predicted molar refractivity (Wildman–Crippen MR) is 54.3 cm³/mol. The molecule has 0 spiro atoms. The summed E-state index contributed by atoms with van der Waals surface area (Å²) in [6.07, 6.45) is 2.98. The molecule has 0 fully saturated rings. The summed E-state index contributed by atoms with van der Waals surface area (Å²) in [4.78, 5) is 3.69. The summed E-state index contributed by atoms with van der Waals surface area (Å²) in [5, 5.41) is 7.65. The molecule has 3 N–H and O–H groups in total. The van der Waals surface area contributed by atoms with Crippen LogP contribution < -0.4 is 10.5 Å². The molecule has 1 aromatic heterocycles. The molecule has 0 radical (unpaired) electrons. The van der Waals surface area contributed by atoms with E-state index in [0.717, 1.165) is 0 Å². The molecule has 6 heteroatoms. The number of pyridine rings is 1. The summed E-state index contributed by atoms with van der Waals surface area (Å²) in [5.74, 6) is 0. The van der Waals surface area contributed by atoms with Crippen molar-refractivity contribution < 1.29 is 8.42 Å². The Bertz CT molecular complexity index is 428. The van der Waals surface area contributed by atoms with Gasteiger partial charge in [0.15, 0.2) is 5.03 Å². The number of aromatic nitrogens is 1. The minimum Gasteiger partial charge on any atom is -0.379 e. The van der Waals surface area contributed by atoms with Crippen LogP contribution in [0.1, 0.15) is 0 Å². The third-order valence-electron chi connectivity index (χ3n) is 1.48. The van der Waals surface area contributed by atoms with Crippen LogP contribution >= 0.6 is 0 Å². The highest BCUT2D eigenvalue weighted by atomic mass is 32.2. The van der Waals surface area contributed by atoms with Gasteiger partial charge in [-0.05, 0) is 12.1 Å². The molecule has 0 saturated heterocycles. The van der Waals surface area contributed by atoms with Gasteiger partial charge >= 0.3 is 0 Å². The minimum absolute atomic E-state index is 0.151. The summed E-state index contributed by atoms with van der Waals surface area (Å²) in [5.41, 5.74) is 0.384. The quantitative estimate of drug-likeness (QED) is 0.706. The molecule has 14 heavy (non-hydrogen) atoms. The number of nitrogens with one attached hydrogen (secondary N) is 1. The number of nitrogens with two attached hydrogens (primary N) is 1. The number of rotatable bonds is 4. The van der Waals surface area contributed by atoms with Crippen LogP contribution in [0.2, 0.25) is 0 Å². The first-order valence-corrected chi connectivity index (χ1v) is 5.43. The number of nitrogens with zero attached hydrogens (tertiary/aromatic N) is 1. The molecular weight excluding hydrogens is 202 g/mol. The average Bonchev–Trinajstić information content (AvgIpc) is 2.14. The van der Waals surface area contributed by atoms with Crippen molar-refractivity contribution in [1.82, 2.24) is 4.98 Å². The number of hydrogen-bond donors (Lipinski definition) is 2. The van der Waals surface area contributed by atoms with E-state index in [4.69, 9.17) is 5.14 Å². The molecule has 76 valence electrons. The van der Waals surface area contributed by atoms with Crippen LogP contribution in [0.25, 0.3) is 0 Å². The van der Waals surface area contributed by atoms with Crippen molar-refractivity contribution in [1.29, 1.82) is 0 Å². The van der Waals surface area contributed by atoms with E-state index in [2.05, 4.69) is 16.9 Å². The van der Waals surface area contributed by atoms with Gasteiger partial charge in [-0.2, -0.15) is 0 Å². The smallest absolute Gasteiger partial charge is 0.257 e. The summed E-state index contributed by atoms with van der Waals surface area (Å²) >= 11 is 0. The fourth-order valence-corrected chi connectivity index (χ4v) is 1.59. The second kappa shape index (κ2) is 4.21. The minimum atomic E-state index is -3.77. The second-order valence-electron chi connectivity index (χ2n) is 2.57. The Hall–Kier alpha value is -1.40. The molecule has 1 heterocycles. The monoisotopic (exact) mass is 213 g/mol. The lowest BCUT2D eigenvalue weighted by atomic mass is 10.4. The average molecular weight is 213 g/mol. The summed E-state index contributed by atoms with van der Waals surface area (Å²) < 4.78 is 22.1. The highest BCUT2D eigenvalue weighted by Crippen LogP contribution is 2.15. The van der Waals surface area contributed by atoms with Crippen molar-refractivity contribution in [3.8, 4) is 0 Å². The van der Waals surface area contributed by atoms with Crippen molar-refractivity contribution in [3.05, 3.63) is 31.0 Å². The molecule has 0 bridgehead atoms. The number of sulfonamides is 1. The molecule has 0 aliphatic carbocycles. The Labute approximate surface area is 82.7 Å². The van der Waals surface area contributed by atoms with Crippen LogP contribution in [-0.2, 0) is 10.0 Å². The number of primary sulfonamides is 1. The summed E-state index contributed by atoms with van der Waals surface area (Å²) in [7, 11) is -3.77. The van der Waals surface area contributed by atoms with E-state index in [1.54, 1.807) is 18.2 Å². The Morgan fingerprint density at radius 3 is 2.93 bits per heavy atom. The SMILES string of the molecule is C=CCNc1cccnc1S(N)(=O)=O. The Kier molecular flexibility index (Phi) is 3.21. The first-order valence-electron chi connectivity index (χ1n) is 3.88. The van der Waals surface area contributed by atoms with E-state index in [0.29, 0.717) is 12.2 Å². The molecule has 0 amide bonds. The molecule has 5 nitrogen and oxygen atoms in total. The fraction of sp³-hybridized carbons (Fsp3) is 0.125. The molecule has 1 aromatic rings. The van der Waals surface area contributed by atoms with Crippen LogP contribution in [0, 0.1) is 0 Å². The van der Waals surface area contributed by atoms with E-state index in [9.17, 15) is 8.42 Å². The lowest BCUT2D eigenvalue weighted by Crippen LogP contribution is -2.16. The highest BCUT2D eigenvalue weighted by molar-refractivity contribution is 7.89. The zero-order valence-corrected chi connectivity index (χ0v) is 8.29. The Morgan fingerprint density at radius 2 is 2.36 bits per heavy atom. The third kappa shape index (κ3) is 2.54. The molecule has 1 rings (SSSR count). The van der Waals surface area contributed by atoms with Gasteiger partial charge in [-0.25, -0.2) is 18.5 Å². The van der Waals surface area contributed by atoms with Crippen LogP contribution in [0.5, 0.6) is 0 Å². The zero-order chi connectivity index (χ0) is 10.6. The van der Waals surface area contributed by atoms with E-state index in [1.165, 1.54) is 6.20 Å². The van der Waals surface area contributed by atoms with Gasteiger partial charge in [0.1, 0.15) is 0 Å². The van der Waals surface area contributed by atoms with Gasteiger partial charge in [-0.1, -0.05) is 6.08 Å². The lowest BCUT2D eigenvalue weighted by Gasteiger charge is -2.06. The molecule has 0 atom stereocenters. The van der Waals surface area contributed by atoms with Crippen LogP contribution in [0.4, 0.5) is 5.69 Å². The van der Waals surface area contributed by atoms with E-state index >= 15 is 0 Å². The molecule has 0 unspecified atom stereocenters. The number of hydrogen-bond acceptors (Lipinski definition) is 4. The first-order chi connectivity index (χ1) is 6.55. The Morgan fingerprint density at radius 1 is 1.64 bits per heavy atom. The second-order valence-corrected chi connectivity index (χ2v) is 4.05. The van der Waals surface area contributed by atoms with E-state index in [1.807, 2.05) is 0 Å². The largest absolute Gasteiger partial charge is 0.379 e. The molecule has 0 aliphatic rings. The first kappa shape index (κ1) is 10.7. The van der Waals surface area contributed by atoms with Crippen molar-refractivity contribution in [2.24, 2.45) is 5.14 Å². The third-order valence-corrected chi connectivity index (χ3v) is 2.34. The van der Waals surface area contributed by atoms with Crippen molar-refractivity contribution in [2.45, 2.75) is 5.03 Å². The van der Waals surface area contributed by atoms with Gasteiger partial charge in [0.05, 0.1) is 5.69 Å². The van der Waals surface area contributed by atoms with Gasteiger partial charge in [0.2, 0.25) is 0 Å². The lowest BCUT2D eigenvalue weighted by molar-refractivity contribution is 0.594. The summed E-state index contributed by atoms with van der Waals surface area (Å²) in [6.45, 7) is 3.96. The molecular formula is C8H11N3O2S. The van der Waals surface area contributed by atoms with Crippen molar-refractivity contribution in [3.63, 3.8) is 0 Å². The molecule has 0 aromatic carbocycles. The zero-order valence-electron chi connectivity index (χ0n) is 7.47. The van der Waals surface area contributed by atoms with Gasteiger partial charge in [-0.15, -0.1) is 6.58 Å². The van der Waals surface area contributed by atoms with Crippen molar-refractivity contribution >= 4 is 15.7 Å². The number of anilines is 1. The molecule has 0 aliphatic heterocycles. The van der Waals surface area contributed by atoms with Crippen LogP contribution in [0.15, 0.2) is 36.0 Å². The van der Waals surface area contributed by atoms with Crippen LogP contribution in [-0.4, -0.2) is 19.9 Å². The van der Waals surface area contributed by atoms with Gasteiger partial charge in [0.25, 0.3) is 10.0 Å². The van der Waals surface area contributed by atoms with E-state index in [-0.39, 0.29) is 5.03 Å². The Balaban J connectivity index is 3.10. The maximum atomic E-state index is 11.1. The predicted octanol–water partition coefficient (Wildman–Crippen LogP) is 0.327. The standard InChI is InChI=1S/C8H11N3O2S/c1-2-5-10-7-4-3-6-11-8(7)14(9,12)13/h2-4,6,10H,1,5H2,(H2,9,12,13). The fourth-order valence-electron chi connectivity index (χ4n) is 0.934. The van der Waals surface area contributed by atoms with Gasteiger partial charge in [-0.3, -0.25) is 0 Å². The van der Waals surface area contributed by atoms with Crippen LogP contribution in [0.3, 0.4) is 0 Å². The van der Waals surface area contributed by atoms with Gasteiger partial charge < -0.3 is 5.32 Å². The topological polar surface area (TPSA) is 85.1 Å². The normalized spacial score (nSPS) is 10.9. The molecule has 0 saturated carbocycles. The maximum Gasteiger partial charge on any atom is 0.257 e. The van der Waals surface area contributed by atoms with E-state index < -0.39 is 10.0 Å².